The van der Waals surface area contributed by atoms with Crippen LogP contribution in [0.5, 0.6) is 0 Å². The molecule has 0 aliphatic rings. The van der Waals surface area contributed by atoms with Gasteiger partial charge in [-0.05, 0) is 26.1 Å². The molecule has 1 rings (SSSR count). The van der Waals surface area contributed by atoms with Crippen molar-refractivity contribution >= 4 is 25.9 Å². The number of nitrogens with zero attached hydrogens (tertiary/aromatic N) is 1. The van der Waals surface area contributed by atoms with Crippen LogP contribution in [0.3, 0.4) is 0 Å². The van der Waals surface area contributed by atoms with Crippen molar-refractivity contribution in [1.82, 2.24) is 14.6 Å². The molecule has 0 spiro atoms. The van der Waals surface area contributed by atoms with Crippen molar-refractivity contribution in [2.45, 2.75) is 37.8 Å². The number of aliphatic hydroxyl groups excluding tert-OH is 1. The van der Waals surface area contributed by atoms with Crippen LogP contribution in [0.25, 0.3) is 0 Å². The number of carboxylic acids is 1. The van der Waals surface area contributed by atoms with Gasteiger partial charge in [-0.15, -0.1) is 0 Å². The van der Waals surface area contributed by atoms with E-state index in [-0.39, 0.29) is 4.77 Å². The fourth-order valence-electron chi connectivity index (χ4n) is 2.07. The van der Waals surface area contributed by atoms with Crippen LogP contribution in [0, 0.1) is 4.77 Å². The van der Waals surface area contributed by atoms with E-state index in [0.717, 1.165) is 30.9 Å². The minimum atomic E-state index is -4.53. The summed E-state index contributed by atoms with van der Waals surface area (Å²) in [4.78, 5) is 33.9. The summed E-state index contributed by atoms with van der Waals surface area (Å²) in [6, 6.07) is -0.289. The zero-order valence-electron chi connectivity index (χ0n) is 14.7. The number of H-pyrrole nitrogens is 1. The zero-order chi connectivity index (χ0) is 21.0. The summed E-state index contributed by atoms with van der Waals surface area (Å²) in [7, 11) is -3.37. The largest absolute Gasteiger partial charge is 0.480 e. The van der Waals surface area contributed by atoms with Crippen molar-refractivity contribution in [2.24, 2.45) is 0 Å². The molecule has 14 heteroatoms. The molecule has 1 aromatic rings. The Morgan fingerprint density at radius 2 is 2.15 bits per heavy atom. The third-order valence-corrected chi connectivity index (χ3v) is 5.18. The number of carbonyl (C=O) groups is 1. The average molecular weight is 427 g/mol. The highest BCUT2D eigenvalue weighted by Crippen LogP contribution is 2.38. The molecule has 5 atom stereocenters. The van der Waals surface area contributed by atoms with Gasteiger partial charge in [0.2, 0.25) is 0 Å². The minimum Gasteiger partial charge on any atom is -0.480 e. The highest BCUT2D eigenvalue weighted by Gasteiger charge is 2.40. The van der Waals surface area contributed by atoms with Gasteiger partial charge in [0.05, 0.1) is 6.61 Å². The first-order valence-electron chi connectivity index (χ1n) is 7.55. The van der Waals surface area contributed by atoms with Crippen LogP contribution in [-0.4, -0.2) is 67.7 Å². The number of aromatic nitrogens is 2. The number of aromatic amines is 1. The van der Waals surface area contributed by atoms with E-state index in [1.165, 1.54) is 6.92 Å². The molecule has 1 heterocycles. The molecule has 6 N–H and O–H groups in total. The third-order valence-electron chi connectivity index (χ3n) is 3.67. The van der Waals surface area contributed by atoms with Crippen LogP contribution >= 0.6 is 20.0 Å². The average Bonchev–Trinajstić information content (AvgIpc) is 2.54. The first-order chi connectivity index (χ1) is 12.3. The topological polar surface area (TPSA) is 183 Å². The highest BCUT2D eigenvalue weighted by molar-refractivity contribution is 7.71. The number of aliphatic hydroxyl groups is 2. The SMILES string of the molecule is COC(COP(=O)(O)NC(C)C(=O)O)[C@H](O)C(C)(O)n1ccc(=O)[nH]c1=S. The maximum atomic E-state index is 11.9. The van der Waals surface area contributed by atoms with Crippen LogP contribution < -0.4 is 10.6 Å². The van der Waals surface area contributed by atoms with E-state index in [1.807, 2.05) is 5.09 Å². The van der Waals surface area contributed by atoms with Gasteiger partial charge >= 0.3 is 13.7 Å². The number of aliphatic carboxylic acids is 1. The van der Waals surface area contributed by atoms with Gasteiger partial charge < -0.3 is 24.9 Å². The van der Waals surface area contributed by atoms with Crippen LogP contribution in [0.2, 0.25) is 0 Å². The molecule has 4 unspecified atom stereocenters. The number of rotatable bonds is 10. The second-order valence-corrected chi connectivity index (χ2v) is 7.74. The van der Waals surface area contributed by atoms with Crippen molar-refractivity contribution < 1.29 is 38.8 Å². The Bertz CT molecular complexity index is 824. The molecule has 0 radical (unpaired) electrons. The van der Waals surface area contributed by atoms with Gasteiger partial charge in [-0.3, -0.25) is 23.7 Å². The van der Waals surface area contributed by atoms with E-state index in [2.05, 4.69) is 4.98 Å². The fourth-order valence-corrected chi connectivity index (χ4v) is 3.44. The lowest BCUT2D eigenvalue weighted by atomic mass is 10.0. The standard InChI is InChI=1S/C13H22N3O9PS/c1-7(11(19)20)15-26(22,23)25-6-8(24-3)10(18)13(2,21)16-5-4-9(17)14-12(16)27/h4-5,7-8,10,18,21H,6H2,1-3H3,(H,19,20)(H,14,17,27)(H2,15,22,23)/t7?,8?,10-,13?/m0/s1. The predicted octanol–water partition coefficient (Wildman–Crippen LogP) is -0.874. The van der Waals surface area contributed by atoms with E-state index in [1.54, 1.807) is 0 Å². The summed E-state index contributed by atoms with van der Waals surface area (Å²) in [5, 5.41) is 31.7. The van der Waals surface area contributed by atoms with Gasteiger partial charge in [0.1, 0.15) is 18.2 Å². The fraction of sp³-hybridized carbons (Fsp3) is 0.615. The lowest BCUT2D eigenvalue weighted by Gasteiger charge is -2.35. The lowest BCUT2D eigenvalue weighted by Crippen LogP contribution is -2.51. The molecule has 0 fully saturated rings. The van der Waals surface area contributed by atoms with Gasteiger partial charge in [-0.1, -0.05) is 0 Å². The number of carboxylic acid groups (broad SMARTS) is 1. The van der Waals surface area contributed by atoms with Gasteiger partial charge in [-0.2, -0.15) is 0 Å². The Balaban J connectivity index is 2.94. The zero-order valence-corrected chi connectivity index (χ0v) is 16.4. The Labute approximate surface area is 159 Å². The second-order valence-electron chi connectivity index (χ2n) is 5.80. The van der Waals surface area contributed by atoms with Crippen LogP contribution in [-0.2, 0) is 24.3 Å². The Morgan fingerprint density at radius 1 is 1.56 bits per heavy atom. The van der Waals surface area contributed by atoms with Crippen molar-refractivity contribution in [3.8, 4) is 0 Å². The Hall–Kier alpha value is -1.44. The number of methoxy groups -OCH3 is 1. The number of hydrogen-bond donors (Lipinski definition) is 6. The minimum absolute atomic E-state index is 0.174. The molecule has 0 aromatic carbocycles. The van der Waals surface area contributed by atoms with Crippen molar-refractivity contribution in [3.63, 3.8) is 0 Å². The Kier molecular flexibility index (Phi) is 8.01. The first-order valence-corrected chi connectivity index (χ1v) is 9.54. The molecule has 27 heavy (non-hydrogen) atoms. The number of nitrogens with one attached hydrogen (secondary N) is 2. The van der Waals surface area contributed by atoms with E-state index < -0.39 is 49.9 Å². The predicted molar refractivity (Wildman–Crippen MR) is 94.6 cm³/mol. The lowest BCUT2D eigenvalue weighted by molar-refractivity contribution is -0.176. The van der Waals surface area contributed by atoms with Gasteiger partial charge in [-0.25, -0.2) is 9.65 Å². The second kappa shape index (κ2) is 9.17. The number of ether oxygens (including phenoxy) is 1. The maximum absolute atomic E-state index is 11.9. The molecule has 1 aromatic heterocycles. The van der Waals surface area contributed by atoms with Crippen molar-refractivity contribution in [1.29, 1.82) is 0 Å². The van der Waals surface area contributed by atoms with E-state index in [9.17, 15) is 29.3 Å². The Morgan fingerprint density at radius 3 is 2.63 bits per heavy atom. The molecule has 0 aliphatic carbocycles. The molecule has 0 saturated carbocycles. The summed E-state index contributed by atoms with van der Waals surface area (Å²) in [5.74, 6) is -1.37. The summed E-state index contributed by atoms with van der Waals surface area (Å²) in [6.07, 6.45) is -1.86. The quantitative estimate of drug-likeness (QED) is 0.201. The summed E-state index contributed by atoms with van der Waals surface area (Å²) in [5.41, 5.74) is -2.58. The van der Waals surface area contributed by atoms with Crippen molar-refractivity contribution in [3.05, 3.63) is 27.4 Å². The molecular weight excluding hydrogens is 405 g/mol. The first kappa shape index (κ1) is 23.6. The molecule has 12 nitrogen and oxygen atoms in total. The van der Waals surface area contributed by atoms with Gasteiger partial charge in [0, 0.05) is 19.4 Å². The molecule has 0 bridgehead atoms. The highest BCUT2D eigenvalue weighted by atomic mass is 32.1. The summed E-state index contributed by atoms with van der Waals surface area (Å²) in [6.45, 7) is 1.65. The monoisotopic (exact) mass is 427 g/mol. The number of hydrogen-bond acceptors (Lipinski definition) is 8. The van der Waals surface area contributed by atoms with E-state index in [0.29, 0.717) is 0 Å². The summed E-state index contributed by atoms with van der Waals surface area (Å²) >= 11 is 4.94. The van der Waals surface area contributed by atoms with Crippen LogP contribution in [0.1, 0.15) is 13.8 Å². The normalized spacial score (nSPS) is 19.5. The van der Waals surface area contributed by atoms with Gasteiger partial charge in [0.15, 0.2) is 10.5 Å². The van der Waals surface area contributed by atoms with E-state index in [4.69, 9.17) is 26.6 Å². The van der Waals surface area contributed by atoms with Crippen molar-refractivity contribution in [2.75, 3.05) is 13.7 Å². The summed E-state index contributed by atoms with van der Waals surface area (Å²) < 4.78 is 22.5. The molecule has 0 saturated heterocycles. The maximum Gasteiger partial charge on any atom is 0.403 e. The van der Waals surface area contributed by atoms with E-state index >= 15 is 0 Å². The van der Waals surface area contributed by atoms with Crippen LogP contribution in [0.15, 0.2) is 17.1 Å². The van der Waals surface area contributed by atoms with Crippen LogP contribution in [0.4, 0.5) is 0 Å². The molecular formula is C13H22N3O9PS. The van der Waals surface area contributed by atoms with Gasteiger partial charge in [0.25, 0.3) is 5.56 Å². The molecule has 0 amide bonds. The molecule has 154 valence electrons. The third kappa shape index (κ3) is 6.30. The smallest absolute Gasteiger partial charge is 0.403 e. The molecule has 0 aliphatic heterocycles.